The molecule has 7 nitrogen and oxygen atoms in total. The Labute approximate surface area is 203 Å². The normalized spacial score (nSPS) is 19.4. The molecule has 1 amide bonds. The second-order valence-electron chi connectivity index (χ2n) is 8.84. The van der Waals surface area contributed by atoms with Crippen LogP contribution in [-0.2, 0) is 14.3 Å². The third-order valence-corrected chi connectivity index (χ3v) is 6.79. The zero-order chi connectivity index (χ0) is 24.3. The summed E-state index contributed by atoms with van der Waals surface area (Å²) in [5.74, 6) is 0.241. The average molecular weight is 480 g/mol. The molecule has 1 fully saturated rings. The van der Waals surface area contributed by atoms with Gasteiger partial charge in [-0.05, 0) is 41.7 Å². The number of rotatable bonds is 7. The van der Waals surface area contributed by atoms with Gasteiger partial charge in [0.2, 0.25) is 5.91 Å². The van der Waals surface area contributed by atoms with Crippen molar-refractivity contribution in [1.29, 1.82) is 0 Å². The Balaban J connectivity index is 1.57. The molecule has 0 aliphatic heterocycles. The molecule has 0 spiro atoms. The highest BCUT2D eigenvalue weighted by atomic mass is 35.5. The lowest BCUT2D eigenvalue weighted by Gasteiger charge is -2.49. The number of aromatic nitrogens is 2. The highest BCUT2D eigenvalue weighted by Crippen LogP contribution is 2.52. The fourth-order valence-electron chi connectivity index (χ4n) is 4.34. The molecule has 1 unspecified atom stereocenters. The summed E-state index contributed by atoms with van der Waals surface area (Å²) in [6, 6.07) is 16.2. The molecule has 2 aromatic carbocycles. The van der Waals surface area contributed by atoms with Gasteiger partial charge in [0.25, 0.3) is 0 Å². The fraction of sp³-hybridized carbons (Fsp3) is 0.308. The van der Waals surface area contributed by atoms with E-state index in [-0.39, 0.29) is 28.9 Å². The van der Waals surface area contributed by atoms with Crippen LogP contribution < -0.4 is 10.1 Å². The Morgan fingerprint density at radius 2 is 1.65 bits per heavy atom. The van der Waals surface area contributed by atoms with Crippen molar-refractivity contribution in [3.8, 4) is 11.5 Å². The number of amides is 1. The molecule has 8 heteroatoms. The summed E-state index contributed by atoms with van der Waals surface area (Å²) in [5, 5.41) is 3.28. The van der Waals surface area contributed by atoms with Gasteiger partial charge in [-0.15, -0.1) is 0 Å². The number of carbonyl (C=O) groups is 2. The maximum Gasteiger partial charge on any atom is 0.309 e. The van der Waals surface area contributed by atoms with Crippen LogP contribution >= 0.6 is 11.6 Å². The standard InChI is InChI=1S/C26H26ClN3O4/c1-26(2)19(15-20(26)25(32)33-3)24(31)30-21(22-23(27)29-14-13-28-22)16-9-11-18(12-10-16)34-17-7-5-4-6-8-17/h4-14,19-21H,15H2,1-3H3,(H,30,31)/t19-,20+,21?/m0/s1. The van der Waals surface area contributed by atoms with Crippen LogP contribution in [0, 0.1) is 17.3 Å². The predicted octanol–water partition coefficient (Wildman–Crippen LogP) is 4.96. The molecule has 1 heterocycles. The van der Waals surface area contributed by atoms with Crippen molar-refractivity contribution in [3.05, 3.63) is 83.4 Å². The van der Waals surface area contributed by atoms with Crippen LogP contribution in [0.15, 0.2) is 67.0 Å². The van der Waals surface area contributed by atoms with Crippen LogP contribution in [0.1, 0.15) is 37.6 Å². The molecule has 1 aromatic heterocycles. The summed E-state index contributed by atoms with van der Waals surface area (Å²) in [4.78, 5) is 33.8. The number of halogens is 1. The number of hydrogen-bond donors (Lipinski definition) is 1. The van der Waals surface area contributed by atoms with Crippen molar-refractivity contribution < 1.29 is 19.1 Å². The van der Waals surface area contributed by atoms with Gasteiger partial charge in [-0.25, -0.2) is 4.98 Å². The van der Waals surface area contributed by atoms with Gasteiger partial charge in [0.05, 0.1) is 19.1 Å². The van der Waals surface area contributed by atoms with E-state index >= 15 is 0 Å². The molecule has 3 atom stereocenters. The second kappa shape index (κ2) is 9.81. The smallest absolute Gasteiger partial charge is 0.309 e. The average Bonchev–Trinajstić information content (AvgIpc) is 2.83. The molecule has 0 saturated heterocycles. The van der Waals surface area contributed by atoms with E-state index in [0.29, 0.717) is 17.9 Å². The fourth-order valence-corrected chi connectivity index (χ4v) is 4.56. The first-order valence-corrected chi connectivity index (χ1v) is 11.4. The largest absolute Gasteiger partial charge is 0.469 e. The summed E-state index contributed by atoms with van der Waals surface area (Å²) < 4.78 is 10.8. The number of carbonyl (C=O) groups excluding carboxylic acids is 2. The zero-order valence-electron chi connectivity index (χ0n) is 19.2. The number of methoxy groups -OCH3 is 1. The number of benzene rings is 2. The van der Waals surface area contributed by atoms with Gasteiger partial charge >= 0.3 is 5.97 Å². The van der Waals surface area contributed by atoms with Gasteiger partial charge in [-0.3, -0.25) is 14.6 Å². The zero-order valence-corrected chi connectivity index (χ0v) is 20.0. The van der Waals surface area contributed by atoms with E-state index in [9.17, 15) is 9.59 Å². The van der Waals surface area contributed by atoms with Crippen LogP contribution in [0.4, 0.5) is 0 Å². The van der Waals surface area contributed by atoms with Crippen molar-refractivity contribution in [2.24, 2.45) is 17.3 Å². The van der Waals surface area contributed by atoms with Gasteiger partial charge in [-0.2, -0.15) is 0 Å². The first-order valence-electron chi connectivity index (χ1n) is 11.0. The van der Waals surface area contributed by atoms with Crippen LogP contribution in [0.3, 0.4) is 0 Å². The minimum atomic E-state index is -0.618. The number of ether oxygens (including phenoxy) is 2. The molecule has 3 aromatic rings. The van der Waals surface area contributed by atoms with Gasteiger partial charge in [0.1, 0.15) is 17.2 Å². The summed E-state index contributed by atoms with van der Waals surface area (Å²) >= 11 is 6.35. The van der Waals surface area contributed by atoms with E-state index in [2.05, 4.69) is 15.3 Å². The molecule has 34 heavy (non-hydrogen) atoms. The van der Waals surface area contributed by atoms with E-state index in [1.807, 2.05) is 68.4 Å². The second-order valence-corrected chi connectivity index (χ2v) is 9.20. The Kier molecular flexibility index (Phi) is 6.84. The lowest BCUT2D eigenvalue weighted by Crippen LogP contribution is -2.55. The monoisotopic (exact) mass is 479 g/mol. The van der Waals surface area contributed by atoms with Crippen LogP contribution in [0.5, 0.6) is 11.5 Å². The molecule has 1 N–H and O–H groups in total. The minimum absolute atomic E-state index is 0.179. The molecule has 0 bridgehead atoms. The number of para-hydroxylation sites is 1. The number of nitrogens with zero attached hydrogens (tertiary/aromatic N) is 2. The van der Waals surface area contributed by atoms with Gasteiger partial charge in [-0.1, -0.05) is 55.8 Å². The van der Waals surface area contributed by atoms with Crippen molar-refractivity contribution in [2.75, 3.05) is 7.11 Å². The highest BCUT2D eigenvalue weighted by molar-refractivity contribution is 6.30. The quantitative estimate of drug-likeness (QED) is 0.481. The summed E-state index contributed by atoms with van der Waals surface area (Å²) in [6.45, 7) is 3.81. The summed E-state index contributed by atoms with van der Waals surface area (Å²) in [6.07, 6.45) is 3.46. The van der Waals surface area contributed by atoms with Crippen molar-refractivity contribution in [2.45, 2.75) is 26.3 Å². The molecular formula is C26H26ClN3O4. The van der Waals surface area contributed by atoms with Crippen LogP contribution in [-0.4, -0.2) is 29.0 Å². The van der Waals surface area contributed by atoms with Crippen molar-refractivity contribution >= 4 is 23.5 Å². The first kappa shape index (κ1) is 23.7. The van der Waals surface area contributed by atoms with Gasteiger partial charge in [0, 0.05) is 18.3 Å². The number of esters is 1. The Hall–Kier alpha value is -3.45. The lowest BCUT2D eigenvalue weighted by atomic mass is 9.54. The molecule has 0 radical (unpaired) electrons. The summed E-state index contributed by atoms with van der Waals surface area (Å²) in [5.41, 5.74) is 0.690. The first-order chi connectivity index (χ1) is 16.3. The van der Waals surface area contributed by atoms with Crippen molar-refractivity contribution in [1.82, 2.24) is 15.3 Å². The van der Waals surface area contributed by atoms with E-state index in [1.54, 1.807) is 0 Å². The molecule has 1 aliphatic rings. The number of nitrogens with one attached hydrogen (secondary N) is 1. The maximum absolute atomic E-state index is 13.3. The third-order valence-electron chi connectivity index (χ3n) is 6.50. The Morgan fingerprint density at radius 1 is 1.00 bits per heavy atom. The van der Waals surface area contributed by atoms with Gasteiger partial charge < -0.3 is 14.8 Å². The SMILES string of the molecule is COC(=O)[C@H]1C[C@@H](C(=O)NC(c2ccc(Oc3ccccc3)cc2)c2nccnc2Cl)C1(C)C. The molecular weight excluding hydrogens is 454 g/mol. The molecule has 4 rings (SSSR count). The topological polar surface area (TPSA) is 90.4 Å². The van der Waals surface area contributed by atoms with Crippen molar-refractivity contribution in [3.63, 3.8) is 0 Å². The highest BCUT2D eigenvalue weighted by Gasteiger charge is 2.55. The lowest BCUT2D eigenvalue weighted by molar-refractivity contribution is -0.166. The Morgan fingerprint density at radius 3 is 2.26 bits per heavy atom. The molecule has 1 aliphatic carbocycles. The van der Waals surface area contributed by atoms with E-state index in [0.717, 1.165) is 11.3 Å². The van der Waals surface area contributed by atoms with E-state index in [1.165, 1.54) is 19.5 Å². The van der Waals surface area contributed by atoms with Crippen LogP contribution in [0.25, 0.3) is 0 Å². The molecule has 176 valence electrons. The number of hydrogen-bond acceptors (Lipinski definition) is 6. The van der Waals surface area contributed by atoms with Gasteiger partial charge in [0.15, 0.2) is 5.15 Å². The van der Waals surface area contributed by atoms with E-state index in [4.69, 9.17) is 21.1 Å². The minimum Gasteiger partial charge on any atom is -0.469 e. The summed E-state index contributed by atoms with van der Waals surface area (Å²) in [7, 11) is 1.36. The van der Waals surface area contributed by atoms with Crippen LogP contribution in [0.2, 0.25) is 5.15 Å². The Bertz CT molecular complexity index is 1170. The predicted molar refractivity (Wildman–Crippen MR) is 127 cm³/mol. The third kappa shape index (κ3) is 4.75. The molecule has 1 saturated carbocycles. The maximum atomic E-state index is 13.3. The van der Waals surface area contributed by atoms with E-state index < -0.39 is 11.5 Å².